The molecule has 0 aliphatic heterocycles. The molecule has 1 heterocycles. The number of hydrogen-bond donors (Lipinski definition) is 2. The maximum Gasteiger partial charge on any atom is 0.261 e. The number of para-hydroxylation sites is 1. The topological polar surface area (TPSA) is 62.0 Å². The Kier molecular flexibility index (Phi) is 3.58. The number of H-pyrrole nitrogens is 1. The molecule has 108 valence electrons. The lowest BCUT2D eigenvalue weighted by Gasteiger charge is -2.06. The fourth-order valence-corrected chi connectivity index (χ4v) is 2.22. The van der Waals surface area contributed by atoms with Gasteiger partial charge in [-0.1, -0.05) is 43.0 Å². The molecule has 0 aliphatic rings. The summed E-state index contributed by atoms with van der Waals surface area (Å²) in [4.78, 5) is 27.0. The van der Waals surface area contributed by atoms with Crippen molar-refractivity contribution >= 4 is 28.6 Å². The lowest BCUT2D eigenvalue weighted by molar-refractivity contribution is 0.102. The second-order valence-corrected chi connectivity index (χ2v) is 4.88. The lowest BCUT2D eigenvalue weighted by Crippen LogP contribution is -2.22. The zero-order valence-corrected chi connectivity index (χ0v) is 11.8. The van der Waals surface area contributed by atoms with Crippen molar-refractivity contribution in [2.24, 2.45) is 0 Å². The molecule has 22 heavy (non-hydrogen) atoms. The third-order valence-electron chi connectivity index (χ3n) is 3.40. The summed E-state index contributed by atoms with van der Waals surface area (Å²) in [6.45, 7) is 3.68. The van der Waals surface area contributed by atoms with Crippen molar-refractivity contribution < 1.29 is 4.79 Å². The van der Waals surface area contributed by atoms with Gasteiger partial charge in [0.1, 0.15) is 5.56 Å². The van der Waals surface area contributed by atoms with Gasteiger partial charge in [0.15, 0.2) is 0 Å². The highest BCUT2D eigenvalue weighted by atomic mass is 16.2. The number of aromatic amines is 1. The quantitative estimate of drug-likeness (QED) is 0.776. The number of nitrogens with one attached hydrogen (secondary N) is 2. The number of anilines is 1. The molecule has 0 unspecified atom stereocenters. The van der Waals surface area contributed by atoms with Crippen LogP contribution in [0.1, 0.15) is 15.9 Å². The number of carbonyl (C=O) groups is 1. The van der Waals surface area contributed by atoms with Gasteiger partial charge >= 0.3 is 0 Å². The van der Waals surface area contributed by atoms with Crippen molar-refractivity contribution in [3.63, 3.8) is 0 Å². The molecule has 1 aromatic heterocycles. The van der Waals surface area contributed by atoms with Gasteiger partial charge in [-0.25, -0.2) is 0 Å². The van der Waals surface area contributed by atoms with Gasteiger partial charge in [0.25, 0.3) is 11.5 Å². The molecule has 0 saturated carbocycles. The monoisotopic (exact) mass is 290 g/mol. The van der Waals surface area contributed by atoms with E-state index in [2.05, 4.69) is 16.9 Å². The standard InChI is InChI=1S/C18H14N2O2/c1-2-12-7-9-14(10-8-12)19-17(21)15-11-13-5-3-4-6-16(13)20-18(15)22/h2-11H,1H2,(H,19,21)(H,20,22). The first-order valence-electron chi connectivity index (χ1n) is 6.83. The minimum Gasteiger partial charge on any atom is -0.322 e. The van der Waals surface area contributed by atoms with Gasteiger partial charge < -0.3 is 10.3 Å². The minimum atomic E-state index is -0.432. The summed E-state index contributed by atoms with van der Waals surface area (Å²) in [5.41, 5.74) is 1.98. The number of pyridine rings is 1. The van der Waals surface area contributed by atoms with E-state index in [-0.39, 0.29) is 5.56 Å². The fourth-order valence-electron chi connectivity index (χ4n) is 2.22. The largest absolute Gasteiger partial charge is 0.322 e. The Morgan fingerprint density at radius 3 is 2.55 bits per heavy atom. The van der Waals surface area contributed by atoms with Gasteiger partial charge in [-0.15, -0.1) is 0 Å². The first-order chi connectivity index (χ1) is 10.7. The highest BCUT2D eigenvalue weighted by Crippen LogP contribution is 2.13. The molecule has 0 aliphatic carbocycles. The first-order valence-corrected chi connectivity index (χ1v) is 6.83. The van der Waals surface area contributed by atoms with Gasteiger partial charge in [-0.3, -0.25) is 9.59 Å². The number of aromatic nitrogens is 1. The second kappa shape index (κ2) is 5.69. The number of hydrogen-bond acceptors (Lipinski definition) is 2. The molecular weight excluding hydrogens is 276 g/mol. The van der Waals surface area contributed by atoms with Crippen molar-refractivity contribution in [2.75, 3.05) is 5.32 Å². The van der Waals surface area contributed by atoms with E-state index in [0.717, 1.165) is 10.9 Å². The van der Waals surface area contributed by atoms with Gasteiger partial charge in [0, 0.05) is 11.2 Å². The van der Waals surface area contributed by atoms with Crippen LogP contribution in [0.25, 0.3) is 17.0 Å². The maximum absolute atomic E-state index is 12.3. The van der Waals surface area contributed by atoms with Crippen molar-refractivity contribution in [3.8, 4) is 0 Å². The summed E-state index contributed by atoms with van der Waals surface area (Å²) in [5.74, 6) is -0.432. The molecule has 1 amide bonds. The molecule has 3 rings (SSSR count). The molecule has 0 atom stereocenters. The van der Waals surface area contributed by atoms with E-state index in [1.54, 1.807) is 30.3 Å². The van der Waals surface area contributed by atoms with Gasteiger partial charge in [0.05, 0.1) is 0 Å². The average Bonchev–Trinajstić information content (AvgIpc) is 2.54. The summed E-state index contributed by atoms with van der Waals surface area (Å²) in [6, 6.07) is 16.2. The lowest BCUT2D eigenvalue weighted by atomic mass is 10.1. The van der Waals surface area contributed by atoms with Crippen molar-refractivity contribution in [1.29, 1.82) is 0 Å². The molecule has 0 saturated heterocycles. The van der Waals surface area contributed by atoms with E-state index >= 15 is 0 Å². The zero-order valence-electron chi connectivity index (χ0n) is 11.8. The molecule has 4 heteroatoms. The van der Waals surface area contributed by atoms with Crippen LogP contribution in [0.5, 0.6) is 0 Å². The minimum absolute atomic E-state index is 0.0893. The number of carbonyl (C=O) groups excluding carboxylic acids is 1. The second-order valence-electron chi connectivity index (χ2n) is 4.88. The van der Waals surface area contributed by atoms with Crippen LogP contribution < -0.4 is 10.9 Å². The smallest absolute Gasteiger partial charge is 0.261 e. The molecule has 2 N–H and O–H groups in total. The van der Waals surface area contributed by atoms with Crippen molar-refractivity contribution in [3.05, 3.63) is 82.7 Å². The molecular formula is C18H14N2O2. The molecule has 2 aromatic carbocycles. The Hall–Kier alpha value is -3.14. The SMILES string of the molecule is C=Cc1ccc(NC(=O)c2cc3ccccc3[nH]c2=O)cc1. The normalized spacial score (nSPS) is 10.4. The first kappa shape index (κ1) is 13.8. The number of benzene rings is 2. The van der Waals surface area contributed by atoms with Crippen LogP contribution in [-0.2, 0) is 0 Å². The van der Waals surface area contributed by atoms with E-state index in [1.807, 2.05) is 30.3 Å². The van der Waals surface area contributed by atoms with Crippen LogP contribution in [0.15, 0.2) is 66.0 Å². The predicted octanol–water partition coefficient (Wildman–Crippen LogP) is 3.42. The molecule has 0 radical (unpaired) electrons. The van der Waals surface area contributed by atoms with Crippen LogP contribution in [0.3, 0.4) is 0 Å². The van der Waals surface area contributed by atoms with E-state index in [0.29, 0.717) is 11.2 Å². The molecule has 4 nitrogen and oxygen atoms in total. The van der Waals surface area contributed by atoms with Crippen molar-refractivity contribution in [1.82, 2.24) is 4.98 Å². The van der Waals surface area contributed by atoms with E-state index in [1.165, 1.54) is 0 Å². The fraction of sp³-hybridized carbons (Fsp3) is 0. The summed E-state index contributed by atoms with van der Waals surface area (Å²) < 4.78 is 0. The summed E-state index contributed by atoms with van der Waals surface area (Å²) >= 11 is 0. The molecule has 0 bridgehead atoms. The maximum atomic E-state index is 12.3. The molecule has 0 fully saturated rings. The van der Waals surface area contributed by atoms with Gasteiger partial charge in [0.2, 0.25) is 0 Å². The summed E-state index contributed by atoms with van der Waals surface area (Å²) in [6.07, 6.45) is 1.72. The molecule has 3 aromatic rings. The van der Waals surface area contributed by atoms with Crippen LogP contribution in [0.2, 0.25) is 0 Å². The average molecular weight is 290 g/mol. The number of rotatable bonds is 3. The Morgan fingerprint density at radius 2 is 1.82 bits per heavy atom. The van der Waals surface area contributed by atoms with E-state index in [4.69, 9.17) is 0 Å². The van der Waals surface area contributed by atoms with Crippen LogP contribution in [-0.4, -0.2) is 10.9 Å². The summed E-state index contributed by atoms with van der Waals surface area (Å²) in [5, 5.41) is 3.54. The van der Waals surface area contributed by atoms with Crippen molar-refractivity contribution in [2.45, 2.75) is 0 Å². The number of amides is 1. The highest BCUT2D eigenvalue weighted by molar-refractivity contribution is 6.05. The Labute approximate surface area is 127 Å². The van der Waals surface area contributed by atoms with Crippen LogP contribution in [0, 0.1) is 0 Å². The molecule has 0 spiro atoms. The van der Waals surface area contributed by atoms with Crippen LogP contribution >= 0.6 is 0 Å². The predicted molar refractivity (Wildman–Crippen MR) is 89.1 cm³/mol. The Balaban J connectivity index is 1.92. The zero-order chi connectivity index (χ0) is 15.5. The summed E-state index contributed by atoms with van der Waals surface area (Å²) in [7, 11) is 0. The van der Waals surface area contributed by atoms with E-state index < -0.39 is 11.5 Å². The highest BCUT2D eigenvalue weighted by Gasteiger charge is 2.12. The van der Waals surface area contributed by atoms with Gasteiger partial charge in [-0.2, -0.15) is 0 Å². The number of fused-ring (bicyclic) bond motifs is 1. The van der Waals surface area contributed by atoms with E-state index in [9.17, 15) is 9.59 Å². The van der Waals surface area contributed by atoms with Gasteiger partial charge in [-0.05, 0) is 35.2 Å². The third-order valence-corrected chi connectivity index (χ3v) is 3.40. The Bertz CT molecular complexity index is 908. The van der Waals surface area contributed by atoms with Crippen LogP contribution in [0.4, 0.5) is 5.69 Å². The third kappa shape index (κ3) is 2.67. The Morgan fingerprint density at radius 1 is 1.09 bits per heavy atom.